The van der Waals surface area contributed by atoms with E-state index in [0.29, 0.717) is 6.54 Å². The van der Waals surface area contributed by atoms with E-state index in [1.165, 1.54) is 5.56 Å². The molecule has 2 N–H and O–H groups in total. The highest BCUT2D eigenvalue weighted by Gasteiger charge is 2.03. The molecule has 0 radical (unpaired) electrons. The molecule has 3 heteroatoms. The predicted octanol–water partition coefficient (Wildman–Crippen LogP) is 4.76. The minimum atomic E-state index is 0.579. The van der Waals surface area contributed by atoms with Gasteiger partial charge in [0.15, 0.2) is 0 Å². The van der Waals surface area contributed by atoms with Gasteiger partial charge >= 0.3 is 0 Å². The fraction of sp³-hybridized carbons (Fsp3) is 0.333. The third kappa shape index (κ3) is 8.72. The van der Waals surface area contributed by atoms with E-state index in [-0.39, 0.29) is 0 Å². The molecule has 0 atom stereocenters. The zero-order valence-corrected chi connectivity index (χ0v) is 17.4. The fourth-order valence-electron chi connectivity index (χ4n) is 2.52. The lowest BCUT2D eigenvalue weighted by atomic mass is 10.1. The lowest BCUT2D eigenvalue weighted by Crippen LogP contribution is -2.29. The van der Waals surface area contributed by atoms with Crippen LogP contribution in [0.2, 0.25) is 0 Å². The van der Waals surface area contributed by atoms with E-state index < -0.39 is 0 Å². The van der Waals surface area contributed by atoms with Gasteiger partial charge in [-0.05, 0) is 29.8 Å². The molecule has 2 rings (SSSR count). The largest absolute Gasteiger partial charge is 0.374 e. The van der Waals surface area contributed by atoms with Crippen LogP contribution in [0.15, 0.2) is 72.9 Å². The Balaban J connectivity index is 0.00000176. The van der Waals surface area contributed by atoms with Gasteiger partial charge in [-0.1, -0.05) is 81.1 Å². The van der Waals surface area contributed by atoms with Crippen LogP contribution in [-0.2, 0) is 13.1 Å². The van der Waals surface area contributed by atoms with Gasteiger partial charge in [-0.3, -0.25) is 0 Å². The summed E-state index contributed by atoms with van der Waals surface area (Å²) in [6.45, 7) is 11.6. The summed E-state index contributed by atoms with van der Waals surface area (Å²) in [5, 5.41) is 0. The molecule has 0 aliphatic rings. The maximum atomic E-state index is 5.63. The van der Waals surface area contributed by atoms with E-state index in [1.54, 1.807) is 0 Å². The second kappa shape index (κ2) is 12.9. The summed E-state index contributed by atoms with van der Waals surface area (Å²) in [4.78, 5) is 4.51. The maximum Gasteiger partial charge on any atom is 0.0302 e. The number of rotatable bonds is 9. The van der Waals surface area contributed by atoms with Gasteiger partial charge in [0.05, 0.1) is 0 Å². The molecule has 0 heterocycles. The zero-order chi connectivity index (χ0) is 20.1. The molecule has 0 unspecified atom stereocenters. The molecule has 0 aliphatic carbocycles. The molecule has 27 heavy (non-hydrogen) atoms. The summed E-state index contributed by atoms with van der Waals surface area (Å²) in [5.41, 5.74) is 10.3. The van der Waals surface area contributed by atoms with Crippen molar-refractivity contribution >= 4 is 6.08 Å². The summed E-state index contributed by atoms with van der Waals surface area (Å²) < 4.78 is 0. The van der Waals surface area contributed by atoms with Gasteiger partial charge in [-0.15, -0.1) is 0 Å². The first kappa shape index (κ1) is 22.7. The number of hydrogen-bond donors (Lipinski definition) is 1. The number of hydrogen-bond acceptors (Lipinski definition) is 3. The first-order valence-electron chi connectivity index (χ1n) is 9.68. The molecular weight excluding hydrogens is 330 g/mol. The van der Waals surface area contributed by atoms with Crippen molar-refractivity contribution in [2.24, 2.45) is 5.73 Å². The van der Waals surface area contributed by atoms with E-state index in [1.807, 2.05) is 13.8 Å². The zero-order valence-electron chi connectivity index (χ0n) is 17.4. The van der Waals surface area contributed by atoms with Gasteiger partial charge in [0, 0.05) is 38.9 Å². The number of likely N-dealkylation sites (N-methyl/N-ethyl adjacent to an activating group) is 2. The van der Waals surface area contributed by atoms with Gasteiger partial charge in [0.25, 0.3) is 0 Å². The average Bonchev–Trinajstić information content (AvgIpc) is 2.72. The molecule has 0 aliphatic heterocycles. The van der Waals surface area contributed by atoms with Crippen molar-refractivity contribution in [3.05, 3.63) is 89.6 Å². The van der Waals surface area contributed by atoms with Crippen molar-refractivity contribution in [2.45, 2.75) is 26.9 Å². The molecule has 0 saturated heterocycles. The summed E-state index contributed by atoms with van der Waals surface area (Å²) in [7, 11) is 4.24. The van der Waals surface area contributed by atoms with Gasteiger partial charge in [-0.25, -0.2) is 0 Å². The molecule has 0 amide bonds. The highest BCUT2D eigenvalue weighted by atomic mass is 15.2. The predicted molar refractivity (Wildman–Crippen MR) is 119 cm³/mol. The number of allylic oxidation sites excluding steroid dienone is 1. The first-order chi connectivity index (χ1) is 13.1. The Morgan fingerprint density at radius 2 is 1.56 bits per heavy atom. The summed E-state index contributed by atoms with van der Waals surface area (Å²) in [6, 6.07) is 18.8. The van der Waals surface area contributed by atoms with Gasteiger partial charge in [0.2, 0.25) is 0 Å². The third-order valence-electron chi connectivity index (χ3n) is 4.29. The second-order valence-corrected chi connectivity index (χ2v) is 6.42. The highest BCUT2D eigenvalue weighted by molar-refractivity contribution is 5.52. The van der Waals surface area contributed by atoms with Gasteiger partial charge in [-0.2, -0.15) is 0 Å². The summed E-state index contributed by atoms with van der Waals surface area (Å²) in [6.07, 6.45) is 4.15. The standard InChI is InChI=1S/C22H29N3.C2H6/c1-19(9-10-20-11-13-21(17-23)14-12-20)25(3)16-15-24(2)18-22-7-5-4-6-8-22;1-2/h4-14H,1,15-18,23H2,2-3H3;1-2H3/b10-9+;. The normalized spacial score (nSPS) is 10.6. The monoisotopic (exact) mass is 365 g/mol. The lowest BCUT2D eigenvalue weighted by molar-refractivity contribution is 0.283. The second-order valence-electron chi connectivity index (χ2n) is 6.42. The molecule has 2 aromatic rings. The Morgan fingerprint density at radius 3 is 2.15 bits per heavy atom. The molecule has 3 nitrogen and oxygen atoms in total. The van der Waals surface area contributed by atoms with Gasteiger partial charge < -0.3 is 15.5 Å². The third-order valence-corrected chi connectivity index (χ3v) is 4.29. The van der Waals surface area contributed by atoms with Crippen LogP contribution in [0, 0.1) is 0 Å². The Labute approximate surface area is 165 Å². The van der Waals surface area contributed by atoms with Crippen LogP contribution < -0.4 is 5.73 Å². The Hall–Kier alpha value is -2.36. The van der Waals surface area contributed by atoms with Crippen molar-refractivity contribution in [2.75, 3.05) is 27.2 Å². The Bertz CT molecular complexity index is 675. The van der Waals surface area contributed by atoms with E-state index >= 15 is 0 Å². The topological polar surface area (TPSA) is 32.5 Å². The Kier molecular flexibility index (Phi) is 10.8. The molecular formula is C24H35N3. The van der Waals surface area contributed by atoms with Crippen LogP contribution in [0.3, 0.4) is 0 Å². The van der Waals surface area contributed by atoms with Crippen molar-refractivity contribution in [1.29, 1.82) is 0 Å². The van der Waals surface area contributed by atoms with E-state index in [0.717, 1.165) is 36.5 Å². The van der Waals surface area contributed by atoms with Crippen LogP contribution in [-0.4, -0.2) is 37.0 Å². The van der Waals surface area contributed by atoms with Gasteiger partial charge in [0.1, 0.15) is 0 Å². The minimum Gasteiger partial charge on any atom is -0.374 e. The van der Waals surface area contributed by atoms with Crippen LogP contribution in [0.4, 0.5) is 0 Å². The van der Waals surface area contributed by atoms with Crippen LogP contribution in [0.1, 0.15) is 30.5 Å². The van der Waals surface area contributed by atoms with Crippen molar-refractivity contribution < 1.29 is 0 Å². The fourth-order valence-corrected chi connectivity index (χ4v) is 2.52. The highest BCUT2D eigenvalue weighted by Crippen LogP contribution is 2.09. The molecule has 146 valence electrons. The molecule has 2 aromatic carbocycles. The summed E-state index contributed by atoms with van der Waals surface area (Å²) in [5.74, 6) is 0. The van der Waals surface area contributed by atoms with Crippen molar-refractivity contribution in [1.82, 2.24) is 9.80 Å². The van der Waals surface area contributed by atoms with E-state index in [4.69, 9.17) is 5.73 Å². The molecule has 0 aromatic heterocycles. The minimum absolute atomic E-state index is 0.579. The summed E-state index contributed by atoms with van der Waals surface area (Å²) >= 11 is 0. The SMILES string of the molecule is C=C(/C=C/c1ccc(CN)cc1)N(C)CCN(C)Cc1ccccc1.CC. The number of nitrogens with two attached hydrogens (primary N) is 1. The van der Waals surface area contributed by atoms with E-state index in [9.17, 15) is 0 Å². The maximum absolute atomic E-state index is 5.63. The number of nitrogens with zero attached hydrogens (tertiary/aromatic N) is 2. The van der Waals surface area contributed by atoms with Crippen LogP contribution >= 0.6 is 0 Å². The van der Waals surface area contributed by atoms with Crippen molar-refractivity contribution in [3.8, 4) is 0 Å². The molecule has 0 saturated carbocycles. The first-order valence-corrected chi connectivity index (χ1v) is 9.68. The van der Waals surface area contributed by atoms with E-state index in [2.05, 4.69) is 97.2 Å². The molecule has 0 bridgehead atoms. The Morgan fingerprint density at radius 1 is 0.926 bits per heavy atom. The number of benzene rings is 2. The van der Waals surface area contributed by atoms with Crippen LogP contribution in [0.25, 0.3) is 6.08 Å². The average molecular weight is 366 g/mol. The lowest BCUT2D eigenvalue weighted by Gasteiger charge is -2.24. The molecule has 0 spiro atoms. The van der Waals surface area contributed by atoms with Crippen LogP contribution in [0.5, 0.6) is 0 Å². The molecule has 0 fully saturated rings. The quantitative estimate of drug-likeness (QED) is 0.650. The smallest absolute Gasteiger partial charge is 0.0302 e. The van der Waals surface area contributed by atoms with Crippen molar-refractivity contribution in [3.63, 3.8) is 0 Å².